The van der Waals surface area contributed by atoms with E-state index >= 15 is 0 Å². The van der Waals surface area contributed by atoms with Gasteiger partial charge in [-0.2, -0.15) is 0 Å². The van der Waals surface area contributed by atoms with E-state index in [0.29, 0.717) is 18.3 Å². The second-order valence-corrected chi connectivity index (χ2v) is 9.36. The summed E-state index contributed by atoms with van der Waals surface area (Å²) in [5.74, 6) is 0.193. The van der Waals surface area contributed by atoms with Crippen molar-refractivity contribution in [2.75, 3.05) is 0 Å². The molecular weight excluding hydrogens is 382 g/mol. The molecule has 4 N–H and O–H groups in total. The zero-order chi connectivity index (χ0) is 22.4. The van der Waals surface area contributed by atoms with Gasteiger partial charge in [-0.15, -0.1) is 0 Å². The summed E-state index contributed by atoms with van der Waals surface area (Å²) in [4.78, 5) is 23.5. The number of allylic oxidation sites excluding steroid dienone is 3. The van der Waals surface area contributed by atoms with E-state index in [1.54, 1.807) is 0 Å². The van der Waals surface area contributed by atoms with Gasteiger partial charge in [0.25, 0.3) is 0 Å². The van der Waals surface area contributed by atoms with Crippen LogP contribution in [0.25, 0.3) is 0 Å². The lowest BCUT2D eigenvalue weighted by molar-refractivity contribution is -0.158. The van der Waals surface area contributed by atoms with E-state index in [9.17, 15) is 19.8 Å². The van der Waals surface area contributed by atoms with Gasteiger partial charge in [-0.25, -0.2) is 0 Å². The number of aliphatic hydroxyl groups is 2. The van der Waals surface area contributed by atoms with Crippen LogP contribution in [0.15, 0.2) is 23.8 Å². The van der Waals surface area contributed by atoms with Gasteiger partial charge in [0.05, 0.1) is 24.5 Å². The first kappa shape index (κ1) is 24.6. The zero-order valence-corrected chi connectivity index (χ0v) is 18.8. The van der Waals surface area contributed by atoms with Crippen molar-refractivity contribution < 1.29 is 24.5 Å². The maximum absolute atomic E-state index is 12.5. The Morgan fingerprint density at radius 2 is 1.97 bits per heavy atom. The second kappa shape index (κ2) is 11.1. The smallest absolute Gasteiger partial charge is 0.308 e. The van der Waals surface area contributed by atoms with E-state index < -0.39 is 18.1 Å². The minimum absolute atomic E-state index is 0.113. The summed E-state index contributed by atoms with van der Waals surface area (Å²) in [6.45, 7) is 8.21. The van der Waals surface area contributed by atoms with E-state index in [-0.39, 0.29) is 42.7 Å². The third kappa shape index (κ3) is 6.67. The highest BCUT2D eigenvalue weighted by Crippen LogP contribution is 2.45. The van der Waals surface area contributed by atoms with E-state index in [4.69, 9.17) is 10.5 Å². The Hall–Kier alpha value is -1.66. The number of amides is 1. The highest BCUT2D eigenvalue weighted by Gasteiger charge is 2.41. The van der Waals surface area contributed by atoms with Gasteiger partial charge in [-0.1, -0.05) is 45.9 Å². The molecule has 1 amide bonds. The SMILES string of the molecule is CCC(C)C(=O)OC1CC(C)C=C2C=CC(C)C(CCC(O)CC(O)CC(N)=O)C21. The summed E-state index contributed by atoms with van der Waals surface area (Å²) in [6.07, 6.45) is 7.71. The normalized spacial score (nSPS) is 31.3. The van der Waals surface area contributed by atoms with Gasteiger partial charge < -0.3 is 20.7 Å². The standard InChI is InChI=1S/C24H39NO5/c1-5-15(3)24(29)30-21-11-14(2)10-17-7-6-16(4)20(23(17)21)9-8-18(26)12-19(27)13-22(25)28/h6-7,10,14-16,18-21,23,26-27H,5,8-9,11-13H2,1-4H3,(H2,25,28). The molecule has 0 aliphatic heterocycles. The van der Waals surface area contributed by atoms with Crippen molar-refractivity contribution in [3.63, 3.8) is 0 Å². The van der Waals surface area contributed by atoms with Crippen LogP contribution in [0.2, 0.25) is 0 Å². The molecule has 0 aromatic carbocycles. The third-order valence-electron chi connectivity index (χ3n) is 6.69. The fraction of sp³-hybridized carbons (Fsp3) is 0.750. The summed E-state index contributed by atoms with van der Waals surface area (Å²) in [5.41, 5.74) is 6.34. The average molecular weight is 422 g/mol. The molecule has 6 heteroatoms. The van der Waals surface area contributed by atoms with Gasteiger partial charge in [0, 0.05) is 5.92 Å². The van der Waals surface area contributed by atoms with E-state index in [1.807, 2.05) is 13.8 Å². The molecular formula is C24H39NO5. The molecule has 2 rings (SSSR count). The lowest BCUT2D eigenvalue weighted by Crippen LogP contribution is -2.41. The molecule has 6 nitrogen and oxygen atoms in total. The summed E-state index contributed by atoms with van der Waals surface area (Å²) >= 11 is 0. The first-order valence-electron chi connectivity index (χ1n) is 11.4. The second-order valence-electron chi connectivity index (χ2n) is 9.36. The number of hydrogen-bond acceptors (Lipinski definition) is 5. The predicted molar refractivity (Wildman–Crippen MR) is 116 cm³/mol. The van der Waals surface area contributed by atoms with Crippen LogP contribution in [0.3, 0.4) is 0 Å². The van der Waals surface area contributed by atoms with Crippen LogP contribution in [-0.2, 0) is 14.3 Å². The van der Waals surface area contributed by atoms with Crippen LogP contribution in [0.5, 0.6) is 0 Å². The Kier molecular flexibility index (Phi) is 9.10. The van der Waals surface area contributed by atoms with Gasteiger partial charge in [-0.05, 0) is 55.4 Å². The minimum atomic E-state index is -0.920. The molecule has 170 valence electrons. The fourth-order valence-corrected chi connectivity index (χ4v) is 4.79. The average Bonchev–Trinajstić information content (AvgIpc) is 2.65. The van der Waals surface area contributed by atoms with Crippen molar-refractivity contribution in [2.24, 2.45) is 35.3 Å². The lowest BCUT2D eigenvalue weighted by Gasteiger charge is -2.43. The van der Waals surface area contributed by atoms with Crippen LogP contribution < -0.4 is 5.73 Å². The molecule has 0 aromatic rings. The molecule has 0 aromatic heterocycles. The Morgan fingerprint density at radius 3 is 2.60 bits per heavy atom. The van der Waals surface area contributed by atoms with Crippen molar-refractivity contribution in [1.82, 2.24) is 0 Å². The third-order valence-corrected chi connectivity index (χ3v) is 6.69. The molecule has 8 unspecified atom stereocenters. The molecule has 30 heavy (non-hydrogen) atoms. The number of carbonyl (C=O) groups is 2. The van der Waals surface area contributed by atoms with Crippen molar-refractivity contribution in [3.8, 4) is 0 Å². The van der Waals surface area contributed by atoms with Crippen molar-refractivity contribution in [1.29, 1.82) is 0 Å². The van der Waals surface area contributed by atoms with E-state index in [2.05, 4.69) is 32.1 Å². The van der Waals surface area contributed by atoms with Crippen LogP contribution in [0.1, 0.15) is 66.2 Å². The maximum atomic E-state index is 12.5. The summed E-state index contributed by atoms with van der Waals surface area (Å²) in [7, 11) is 0. The topological polar surface area (TPSA) is 110 Å². The summed E-state index contributed by atoms with van der Waals surface area (Å²) < 4.78 is 6.01. The van der Waals surface area contributed by atoms with Crippen LogP contribution in [0.4, 0.5) is 0 Å². The molecule has 2 aliphatic carbocycles. The van der Waals surface area contributed by atoms with Crippen molar-refractivity contribution in [3.05, 3.63) is 23.8 Å². The molecule has 0 fully saturated rings. The molecule has 2 aliphatic rings. The largest absolute Gasteiger partial charge is 0.461 e. The van der Waals surface area contributed by atoms with Crippen LogP contribution >= 0.6 is 0 Å². The highest BCUT2D eigenvalue weighted by molar-refractivity contribution is 5.74. The number of nitrogens with two attached hydrogens (primary N) is 1. The molecule has 0 saturated heterocycles. The van der Waals surface area contributed by atoms with Gasteiger partial charge >= 0.3 is 5.97 Å². The van der Waals surface area contributed by atoms with Crippen molar-refractivity contribution in [2.45, 2.75) is 84.5 Å². The monoisotopic (exact) mass is 421 g/mol. The molecule has 0 saturated carbocycles. The Bertz CT molecular complexity index is 658. The van der Waals surface area contributed by atoms with Gasteiger partial charge in [-0.3, -0.25) is 9.59 Å². The van der Waals surface area contributed by atoms with Gasteiger partial charge in [0.15, 0.2) is 0 Å². The van der Waals surface area contributed by atoms with Crippen molar-refractivity contribution >= 4 is 11.9 Å². The number of rotatable bonds is 10. The first-order valence-corrected chi connectivity index (χ1v) is 11.4. The molecule has 0 radical (unpaired) electrons. The summed E-state index contributed by atoms with van der Waals surface area (Å²) in [5, 5.41) is 20.2. The zero-order valence-electron chi connectivity index (χ0n) is 18.8. The first-order chi connectivity index (χ1) is 14.1. The quantitative estimate of drug-likeness (QED) is 0.470. The number of carbonyl (C=O) groups excluding carboxylic acids is 2. The number of hydrogen-bond donors (Lipinski definition) is 3. The lowest BCUT2D eigenvalue weighted by atomic mass is 9.65. The number of esters is 1. The van der Waals surface area contributed by atoms with Gasteiger partial charge in [0.1, 0.15) is 6.10 Å². The Morgan fingerprint density at radius 1 is 1.27 bits per heavy atom. The summed E-state index contributed by atoms with van der Waals surface area (Å²) in [6, 6.07) is 0. The molecule has 0 spiro atoms. The van der Waals surface area contributed by atoms with E-state index in [1.165, 1.54) is 5.57 Å². The molecule has 8 atom stereocenters. The molecule has 0 bridgehead atoms. The van der Waals surface area contributed by atoms with E-state index in [0.717, 1.165) is 19.3 Å². The number of aliphatic hydroxyl groups excluding tert-OH is 2. The number of fused-ring (bicyclic) bond motifs is 1. The van der Waals surface area contributed by atoms with Crippen LogP contribution in [0, 0.1) is 29.6 Å². The highest BCUT2D eigenvalue weighted by atomic mass is 16.5. The molecule has 0 heterocycles. The Balaban J connectivity index is 2.09. The number of primary amides is 1. The van der Waals surface area contributed by atoms with Gasteiger partial charge in [0.2, 0.25) is 5.91 Å². The maximum Gasteiger partial charge on any atom is 0.308 e. The fourth-order valence-electron chi connectivity index (χ4n) is 4.79. The Labute approximate surface area is 180 Å². The predicted octanol–water partition coefficient (Wildman–Crippen LogP) is 3.12. The van der Waals surface area contributed by atoms with Crippen LogP contribution in [-0.4, -0.2) is 40.4 Å². The minimum Gasteiger partial charge on any atom is -0.461 e. The number of ether oxygens (including phenoxy) is 1.